The molecule has 104 valence electrons. The second kappa shape index (κ2) is 6.02. The fraction of sp³-hybridized carbons (Fsp3) is 0.500. The second-order valence-electron chi connectivity index (χ2n) is 4.95. The summed E-state index contributed by atoms with van der Waals surface area (Å²) in [6.45, 7) is 2.27. The number of carboxylic acid groups (broad SMARTS) is 1. The van der Waals surface area contributed by atoms with E-state index in [-0.39, 0.29) is 11.3 Å². The van der Waals surface area contributed by atoms with Crippen LogP contribution in [0.5, 0.6) is 0 Å². The number of carbonyl (C=O) groups is 1. The number of anilines is 1. The quantitative estimate of drug-likeness (QED) is 0.874. The van der Waals surface area contributed by atoms with Gasteiger partial charge in [0.25, 0.3) is 0 Å². The molecule has 0 aliphatic carbocycles. The molecule has 1 aliphatic rings. The summed E-state index contributed by atoms with van der Waals surface area (Å²) >= 11 is 0. The summed E-state index contributed by atoms with van der Waals surface area (Å²) in [6, 6.07) is 4.23. The third-order valence-electron chi connectivity index (χ3n) is 3.55. The van der Waals surface area contributed by atoms with Crippen LogP contribution in [0.3, 0.4) is 0 Å². The number of nitrogens with zero attached hydrogens (tertiary/aromatic N) is 1. The summed E-state index contributed by atoms with van der Waals surface area (Å²) in [5.74, 6) is -1.10. The largest absolute Gasteiger partial charge is 0.478 e. The number of hydrogen-bond donors (Lipinski definition) is 2. The molecule has 19 heavy (non-hydrogen) atoms. The van der Waals surface area contributed by atoms with Crippen molar-refractivity contribution in [1.29, 1.82) is 0 Å². The number of halogens is 1. The summed E-state index contributed by atoms with van der Waals surface area (Å²) in [5, 5.41) is 12.3. The molecule has 1 saturated heterocycles. The van der Waals surface area contributed by atoms with Crippen molar-refractivity contribution >= 4 is 11.7 Å². The first-order valence-corrected chi connectivity index (χ1v) is 6.55. The van der Waals surface area contributed by atoms with Crippen LogP contribution in [-0.4, -0.2) is 37.8 Å². The molecule has 2 N–H and O–H groups in total. The molecule has 0 bridgehead atoms. The number of piperidine rings is 1. The Morgan fingerprint density at radius 1 is 1.58 bits per heavy atom. The van der Waals surface area contributed by atoms with Crippen molar-refractivity contribution in [3.8, 4) is 0 Å². The van der Waals surface area contributed by atoms with E-state index in [2.05, 4.69) is 5.32 Å². The van der Waals surface area contributed by atoms with Crippen LogP contribution in [0, 0.1) is 11.7 Å². The zero-order valence-electron chi connectivity index (χ0n) is 11.0. The molecule has 0 amide bonds. The number of nitrogens with one attached hydrogen (secondary N) is 1. The van der Waals surface area contributed by atoms with Gasteiger partial charge >= 0.3 is 5.97 Å². The lowest BCUT2D eigenvalue weighted by molar-refractivity contribution is 0.0697. The van der Waals surface area contributed by atoms with Crippen molar-refractivity contribution in [2.75, 3.05) is 31.6 Å². The highest BCUT2D eigenvalue weighted by Crippen LogP contribution is 2.29. The maximum Gasteiger partial charge on any atom is 0.337 e. The third kappa shape index (κ3) is 3.04. The Morgan fingerprint density at radius 3 is 3.05 bits per heavy atom. The first kappa shape index (κ1) is 13.8. The minimum Gasteiger partial charge on any atom is -0.478 e. The zero-order chi connectivity index (χ0) is 13.8. The maximum absolute atomic E-state index is 14.0. The van der Waals surface area contributed by atoms with Crippen molar-refractivity contribution in [1.82, 2.24) is 5.32 Å². The summed E-state index contributed by atoms with van der Waals surface area (Å²) in [5.41, 5.74) is 0.279. The second-order valence-corrected chi connectivity index (χ2v) is 4.95. The molecule has 2 rings (SSSR count). The molecule has 1 aliphatic heterocycles. The lowest BCUT2D eigenvalue weighted by Crippen LogP contribution is -2.40. The van der Waals surface area contributed by atoms with Gasteiger partial charge in [0.15, 0.2) is 0 Å². The van der Waals surface area contributed by atoms with Crippen LogP contribution in [0.4, 0.5) is 10.1 Å². The van der Waals surface area contributed by atoms with E-state index >= 15 is 0 Å². The first-order chi connectivity index (χ1) is 9.13. The van der Waals surface area contributed by atoms with Gasteiger partial charge < -0.3 is 15.3 Å². The van der Waals surface area contributed by atoms with Crippen molar-refractivity contribution < 1.29 is 14.3 Å². The fourth-order valence-electron chi connectivity index (χ4n) is 2.73. The molecular weight excluding hydrogens is 247 g/mol. The molecule has 0 spiro atoms. The predicted octanol–water partition coefficient (Wildman–Crippen LogP) is 1.96. The van der Waals surface area contributed by atoms with E-state index in [1.165, 1.54) is 18.2 Å². The van der Waals surface area contributed by atoms with Crippen LogP contribution in [0.15, 0.2) is 18.2 Å². The summed E-state index contributed by atoms with van der Waals surface area (Å²) in [7, 11) is 1.89. The molecular formula is C14H19FN2O2. The van der Waals surface area contributed by atoms with E-state index in [1.54, 1.807) is 0 Å². The van der Waals surface area contributed by atoms with Crippen molar-refractivity contribution in [3.63, 3.8) is 0 Å². The molecule has 1 fully saturated rings. The van der Waals surface area contributed by atoms with E-state index < -0.39 is 11.8 Å². The van der Waals surface area contributed by atoms with E-state index in [0.29, 0.717) is 19.0 Å². The van der Waals surface area contributed by atoms with Crippen molar-refractivity contribution in [2.45, 2.75) is 12.8 Å². The highest BCUT2D eigenvalue weighted by Gasteiger charge is 2.25. The van der Waals surface area contributed by atoms with Gasteiger partial charge in [-0.2, -0.15) is 0 Å². The smallest absolute Gasteiger partial charge is 0.337 e. The van der Waals surface area contributed by atoms with E-state index in [9.17, 15) is 14.3 Å². The molecule has 5 heteroatoms. The minimum atomic E-state index is -1.08. The molecule has 0 radical (unpaired) electrons. The van der Waals surface area contributed by atoms with Crippen LogP contribution in [0.2, 0.25) is 0 Å². The minimum absolute atomic E-state index is 0.0464. The standard InChI is InChI=1S/C14H19FN2O2/c1-16-8-10-4-3-7-17(9-10)13-11(14(18)19)5-2-6-12(13)15/h2,5-6,10,16H,3-4,7-9H2,1H3,(H,18,19). The molecule has 1 heterocycles. The van der Waals surface area contributed by atoms with Crippen molar-refractivity contribution in [2.24, 2.45) is 5.92 Å². The third-order valence-corrected chi connectivity index (χ3v) is 3.55. The summed E-state index contributed by atoms with van der Waals surface area (Å²) in [4.78, 5) is 13.1. The van der Waals surface area contributed by atoms with Gasteiger partial charge in [0.05, 0.1) is 11.3 Å². The number of benzene rings is 1. The average Bonchev–Trinajstić information content (AvgIpc) is 2.39. The lowest BCUT2D eigenvalue weighted by Gasteiger charge is -2.35. The number of hydrogen-bond acceptors (Lipinski definition) is 3. The Labute approximate surface area is 112 Å². The number of rotatable bonds is 4. The first-order valence-electron chi connectivity index (χ1n) is 6.55. The number of aromatic carboxylic acids is 1. The molecule has 1 aromatic rings. The lowest BCUT2D eigenvalue weighted by atomic mass is 9.96. The highest BCUT2D eigenvalue weighted by atomic mass is 19.1. The Balaban J connectivity index is 2.28. The SMILES string of the molecule is CNCC1CCCN(c2c(F)cccc2C(=O)O)C1. The van der Waals surface area contributed by atoms with Gasteiger partial charge in [-0.05, 0) is 44.5 Å². The van der Waals surface area contributed by atoms with Crippen LogP contribution in [-0.2, 0) is 0 Å². The fourth-order valence-corrected chi connectivity index (χ4v) is 2.73. The molecule has 1 atom stereocenters. The van der Waals surface area contributed by atoms with Gasteiger partial charge in [0, 0.05) is 13.1 Å². The molecule has 1 aromatic carbocycles. The monoisotopic (exact) mass is 266 g/mol. The molecule has 1 unspecified atom stereocenters. The normalized spacial score (nSPS) is 19.5. The van der Waals surface area contributed by atoms with Gasteiger partial charge in [0.2, 0.25) is 0 Å². The Morgan fingerprint density at radius 2 is 2.37 bits per heavy atom. The van der Waals surface area contributed by atoms with Crippen LogP contribution in [0.25, 0.3) is 0 Å². The van der Waals surface area contributed by atoms with Gasteiger partial charge in [-0.15, -0.1) is 0 Å². The van der Waals surface area contributed by atoms with Gasteiger partial charge in [-0.3, -0.25) is 0 Å². The predicted molar refractivity (Wildman–Crippen MR) is 72.2 cm³/mol. The van der Waals surface area contributed by atoms with E-state index in [1.807, 2.05) is 11.9 Å². The van der Waals surface area contributed by atoms with Crippen LogP contribution in [0.1, 0.15) is 23.2 Å². The number of para-hydroxylation sites is 1. The van der Waals surface area contributed by atoms with Gasteiger partial charge in [0.1, 0.15) is 5.82 Å². The Bertz CT molecular complexity index is 463. The van der Waals surface area contributed by atoms with Crippen LogP contribution < -0.4 is 10.2 Å². The Kier molecular flexibility index (Phi) is 4.37. The molecule has 0 aromatic heterocycles. The van der Waals surface area contributed by atoms with Gasteiger partial charge in [-0.25, -0.2) is 9.18 Å². The van der Waals surface area contributed by atoms with E-state index in [4.69, 9.17) is 0 Å². The topological polar surface area (TPSA) is 52.6 Å². The van der Waals surface area contributed by atoms with E-state index in [0.717, 1.165) is 19.4 Å². The maximum atomic E-state index is 14.0. The Hall–Kier alpha value is -1.62. The summed E-state index contributed by atoms with van der Waals surface area (Å²) < 4.78 is 14.0. The zero-order valence-corrected chi connectivity index (χ0v) is 11.0. The van der Waals surface area contributed by atoms with Crippen molar-refractivity contribution in [3.05, 3.63) is 29.6 Å². The molecule has 0 saturated carbocycles. The average molecular weight is 266 g/mol. The number of carboxylic acids is 1. The highest BCUT2D eigenvalue weighted by molar-refractivity contribution is 5.94. The van der Waals surface area contributed by atoms with Gasteiger partial charge in [-0.1, -0.05) is 6.07 Å². The van der Waals surface area contributed by atoms with Crippen LogP contribution >= 0.6 is 0 Å². The molecule has 4 nitrogen and oxygen atoms in total. The summed E-state index contributed by atoms with van der Waals surface area (Å²) in [6.07, 6.45) is 2.05.